The summed E-state index contributed by atoms with van der Waals surface area (Å²) >= 11 is 0. The molecule has 2 aromatic rings. The Hall–Kier alpha value is -2.42. The first-order chi connectivity index (χ1) is 17.4. The molecule has 0 unspecified atom stereocenters. The monoisotopic (exact) mass is 515 g/mol. The van der Waals surface area contributed by atoms with Gasteiger partial charge in [0.2, 0.25) is 0 Å². The van der Waals surface area contributed by atoms with E-state index in [1.807, 2.05) is 37.3 Å². The average molecular weight is 516 g/mol. The number of nitrogens with zero attached hydrogens (tertiary/aromatic N) is 1. The van der Waals surface area contributed by atoms with E-state index < -0.39 is 10.1 Å². The molecule has 8 heteroatoms. The summed E-state index contributed by atoms with van der Waals surface area (Å²) in [6, 6.07) is 16.5. The number of likely N-dealkylation sites (tertiary alicyclic amines) is 1. The number of benzene rings is 2. The molecule has 0 N–H and O–H groups in total. The fourth-order valence-corrected chi connectivity index (χ4v) is 5.77. The highest BCUT2D eigenvalue weighted by atomic mass is 32.2. The largest absolute Gasteiger partial charge is 0.445 e. The zero-order valence-electron chi connectivity index (χ0n) is 21.0. The lowest BCUT2D eigenvalue weighted by Gasteiger charge is -2.33. The van der Waals surface area contributed by atoms with Crippen LogP contribution >= 0.6 is 0 Å². The van der Waals surface area contributed by atoms with Crippen molar-refractivity contribution in [3.8, 4) is 0 Å². The Morgan fingerprint density at radius 3 is 2.17 bits per heavy atom. The van der Waals surface area contributed by atoms with Crippen molar-refractivity contribution in [3.63, 3.8) is 0 Å². The van der Waals surface area contributed by atoms with Crippen LogP contribution in [-0.4, -0.2) is 51.8 Å². The maximum absolute atomic E-state index is 12.4. The second kappa shape index (κ2) is 12.7. The highest BCUT2D eigenvalue weighted by molar-refractivity contribution is 7.86. The molecule has 0 aromatic heterocycles. The van der Waals surface area contributed by atoms with Gasteiger partial charge in [-0.2, -0.15) is 8.42 Å². The van der Waals surface area contributed by atoms with E-state index in [1.165, 1.54) is 0 Å². The summed E-state index contributed by atoms with van der Waals surface area (Å²) in [5.74, 6) is 0.680. The lowest BCUT2D eigenvalue weighted by molar-refractivity contribution is -0.0155. The summed E-state index contributed by atoms with van der Waals surface area (Å²) in [5, 5.41) is 0. The quantitative estimate of drug-likeness (QED) is 0.420. The molecule has 2 aromatic carbocycles. The highest BCUT2D eigenvalue weighted by Gasteiger charge is 2.27. The number of hydrogen-bond acceptors (Lipinski definition) is 6. The van der Waals surface area contributed by atoms with Gasteiger partial charge in [-0.25, -0.2) is 4.79 Å². The van der Waals surface area contributed by atoms with Crippen LogP contribution < -0.4 is 0 Å². The molecule has 2 aliphatic rings. The minimum atomic E-state index is -3.71. The normalized spacial score (nSPS) is 21.3. The van der Waals surface area contributed by atoms with E-state index in [0.717, 1.165) is 49.7 Å². The molecule has 0 radical (unpaired) electrons. The van der Waals surface area contributed by atoms with Crippen LogP contribution in [-0.2, 0) is 30.4 Å². The van der Waals surface area contributed by atoms with Gasteiger partial charge in [-0.3, -0.25) is 4.18 Å². The number of hydrogen-bond donors (Lipinski definition) is 0. The number of ether oxygens (including phenoxy) is 2. The van der Waals surface area contributed by atoms with Gasteiger partial charge in [0.1, 0.15) is 6.61 Å². The topological polar surface area (TPSA) is 82.1 Å². The maximum Gasteiger partial charge on any atom is 0.410 e. The Morgan fingerprint density at radius 1 is 0.861 bits per heavy atom. The molecule has 1 saturated carbocycles. The van der Waals surface area contributed by atoms with Crippen molar-refractivity contribution in [1.82, 2.24) is 4.90 Å². The lowest BCUT2D eigenvalue weighted by atomic mass is 9.88. The Balaban J connectivity index is 1.09. The summed E-state index contributed by atoms with van der Waals surface area (Å²) in [6.07, 6.45) is 5.44. The van der Waals surface area contributed by atoms with Crippen molar-refractivity contribution in [2.75, 3.05) is 26.3 Å². The number of aryl methyl sites for hydroxylation is 1. The third-order valence-electron chi connectivity index (χ3n) is 7.21. The van der Waals surface area contributed by atoms with Crippen LogP contribution in [0, 0.1) is 18.8 Å². The molecule has 2 fully saturated rings. The molecule has 1 amide bonds. The zero-order valence-corrected chi connectivity index (χ0v) is 21.8. The minimum absolute atomic E-state index is 0.209. The van der Waals surface area contributed by atoms with Gasteiger partial charge in [0, 0.05) is 19.7 Å². The SMILES string of the molecule is Cc1ccc(S(=O)(=O)OCC2CCC(OCC3CCN(C(=O)OCc4ccccc4)CC3)CC2)cc1. The van der Waals surface area contributed by atoms with Gasteiger partial charge in [-0.1, -0.05) is 48.0 Å². The first kappa shape index (κ1) is 26.6. The van der Waals surface area contributed by atoms with Gasteiger partial charge in [-0.15, -0.1) is 0 Å². The van der Waals surface area contributed by atoms with Crippen molar-refractivity contribution in [1.29, 1.82) is 0 Å². The van der Waals surface area contributed by atoms with Gasteiger partial charge >= 0.3 is 6.09 Å². The number of carbonyl (C=O) groups is 1. The van der Waals surface area contributed by atoms with Crippen molar-refractivity contribution in [3.05, 3.63) is 65.7 Å². The molecular formula is C28H37NO6S. The Morgan fingerprint density at radius 2 is 1.50 bits per heavy atom. The van der Waals surface area contributed by atoms with Crippen molar-refractivity contribution in [2.24, 2.45) is 11.8 Å². The molecule has 7 nitrogen and oxygen atoms in total. The van der Waals surface area contributed by atoms with Gasteiger partial charge in [0.05, 0.1) is 17.6 Å². The molecule has 0 bridgehead atoms. The first-order valence-electron chi connectivity index (χ1n) is 12.9. The smallest absolute Gasteiger partial charge is 0.410 e. The lowest BCUT2D eigenvalue weighted by Crippen LogP contribution is -2.40. The average Bonchev–Trinajstić information content (AvgIpc) is 2.91. The predicted octanol–water partition coefficient (Wildman–Crippen LogP) is 5.32. The van der Waals surface area contributed by atoms with E-state index in [-0.39, 0.29) is 29.6 Å². The summed E-state index contributed by atoms with van der Waals surface area (Å²) < 4.78 is 41.8. The first-order valence-corrected chi connectivity index (χ1v) is 14.3. The van der Waals surface area contributed by atoms with Crippen molar-refractivity contribution in [2.45, 2.75) is 63.1 Å². The molecule has 1 saturated heterocycles. The van der Waals surface area contributed by atoms with E-state index >= 15 is 0 Å². The van der Waals surface area contributed by atoms with Gasteiger partial charge < -0.3 is 14.4 Å². The van der Waals surface area contributed by atoms with E-state index in [0.29, 0.717) is 32.2 Å². The van der Waals surface area contributed by atoms with Crippen molar-refractivity contribution < 1.29 is 26.9 Å². The van der Waals surface area contributed by atoms with Crippen molar-refractivity contribution >= 4 is 16.2 Å². The molecule has 1 aliphatic carbocycles. The van der Waals surface area contributed by atoms with E-state index in [4.69, 9.17) is 13.7 Å². The van der Waals surface area contributed by atoms with Crippen LogP contribution in [0.5, 0.6) is 0 Å². The van der Waals surface area contributed by atoms with Gasteiger partial charge in [0.15, 0.2) is 0 Å². The van der Waals surface area contributed by atoms with Crippen LogP contribution in [0.2, 0.25) is 0 Å². The third kappa shape index (κ3) is 7.79. The van der Waals surface area contributed by atoms with Gasteiger partial charge in [-0.05, 0) is 75.0 Å². The van der Waals surface area contributed by atoms with E-state index in [2.05, 4.69) is 0 Å². The summed E-state index contributed by atoms with van der Waals surface area (Å²) in [5.41, 5.74) is 2.00. The fraction of sp³-hybridized carbons (Fsp3) is 0.536. The third-order valence-corrected chi connectivity index (χ3v) is 8.50. The van der Waals surface area contributed by atoms with E-state index in [9.17, 15) is 13.2 Å². The van der Waals surface area contributed by atoms with Gasteiger partial charge in [0.25, 0.3) is 10.1 Å². The number of amides is 1. The maximum atomic E-state index is 12.4. The minimum Gasteiger partial charge on any atom is -0.445 e. The van der Waals surface area contributed by atoms with Crippen LogP contribution in [0.4, 0.5) is 4.79 Å². The molecule has 4 rings (SSSR count). The van der Waals surface area contributed by atoms with Crippen LogP contribution in [0.15, 0.2) is 59.5 Å². The molecule has 0 atom stereocenters. The second-order valence-corrected chi connectivity index (χ2v) is 11.6. The summed E-state index contributed by atoms with van der Waals surface area (Å²) in [7, 11) is -3.71. The molecule has 1 aliphatic heterocycles. The fourth-order valence-electron chi connectivity index (χ4n) is 4.79. The van der Waals surface area contributed by atoms with Crippen LogP contribution in [0.25, 0.3) is 0 Å². The molecule has 0 spiro atoms. The molecular weight excluding hydrogens is 478 g/mol. The van der Waals surface area contributed by atoms with Crippen LogP contribution in [0.1, 0.15) is 49.7 Å². The predicted molar refractivity (Wildman–Crippen MR) is 137 cm³/mol. The summed E-state index contributed by atoms with van der Waals surface area (Å²) in [6.45, 7) is 4.55. The Labute approximate surface area is 214 Å². The molecule has 36 heavy (non-hydrogen) atoms. The summed E-state index contributed by atoms with van der Waals surface area (Å²) in [4.78, 5) is 14.3. The Bertz CT molecular complexity index is 1060. The highest BCUT2D eigenvalue weighted by Crippen LogP contribution is 2.29. The molecule has 1 heterocycles. The second-order valence-electron chi connectivity index (χ2n) is 10.00. The zero-order chi connectivity index (χ0) is 25.4. The number of carbonyl (C=O) groups excluding carboxylic acids is 1. The van der Waals surface area contributed by atoms with E-state index in [1.54, 1.807) is 29.2 Å². The molecule has 196 valence electrons. The Kier molecular flexibility index (Phi) is 9.40. The number of piperidine rings is 1. The standard InChI is InChI=1S/C28H37NO6S/c1-22-7-13-27(14-8-22)36(31,32)35-21-24-9-11-26(12-10-24)33-19-25-15-17-29(18-16-25)28(30)34-20-23-5-3-2-4-6-23/h2-8,13-14,24-26H,9-12,15-21H2,1H3. The van der Waals surface area contributed by atoms with Crippen LogP contribution in [0.3, 0.4) is 0 Å². The number of rotatable bonds is 9.